The van der Waals surface area contributed by atoms with Crippen molar-refractivity contribution in [1.82, 2.24) is 5.32 Å². The predicted molar refractivity (Wildman–Crippen MR) is 86.0 cm³/mol. The first-order chi connectivity index (χ1) is 10.7. The summed E-state index contributed by atoms with van der Waals surface area (Å²) in [6.45, 7) is 0. The van der Waals surface area contributed by atoms with Crippen molar-refractivity contribution in [3.8, 4) is 5.75 Å². The van der Waals surface area contributed by atoms with Gasteiger partial charge in [-0.3, -0.25) is 9.59 Å². The van der Waals surface area contributed by atoms with Crippen LogP contribution in [0.5, 0.6) is 5.75 Å². The van der Waals surface area contributed by atoms with E-state index in [4.69, 9.17) is 0 Å². The van der Waals surface area contributed by atoms with Crippen LogP contribution in [0.1, 0.15) is 61.7 Å². The number of para-hydroxylation sites is 1. The summed E-state index contributed by atoms with van der Waals surface area (Å²) in [7, 11) is 0. The van der Waals surface area contributed by atoms with Gasteiger partial charge in [0, 0.05) is 6.04 Å². The van der Waals surface area contributed by atoms with Gasteiger partial charge in [-0.05, 0) is 25.0 Å². The lowest BCUT2D eigenvalue weighted by molar-refractivity contribution is -0.105. The third kappa shape index (κ3) is 4.48. The van der Waals surface area contributed by atoms with Crippen LogP contribution in [0.25, 0.3) is 0 Å². The average molecular weight is 304 g/mol. The van der Waals surface area contributed by atoms with Gasteiger partial charge in [-0.1, -0.05) is 44.6 Å². The highest BCUT2D eigenvalue weighted by Gasteiger charge is 2.18. The van der Waals surface area contributed by atoms with Gasteiger partial charge in [0.05, 0.1) is 11.3 Å². The topological polar surface area (TPSA) is 78.4 Å². The molecule has 3 N–H and O–H groups in total. The molecule has 0 aromatic heterocycles. The van der Waals surface area contributed by atoms with E-state index in [9.17, 15) is 14.7 Å². The van der Waals surface area contributed by atoms with Gasteiger partial charge >= 0.3 is 0 Å². The number of carbonyl (C=O) groups excluding carboxylic acids is 2. The number of hydrogen-bond donors (Lipinski definition) is 3. The summed E-state index contributed by atoms with van der Waals surface area (Å²) in [5.74, 6) is -0.466. The number of amides is 2. The zero-order chi connectivity index (χ0) is 15.8. The Morgan fingerprint density at radius 2 is 1.73 bits per heavy atom. The maximum absolute atomic E-state index is 12.4. The quantitative estimate of drug-likeness (QED) is 0.590. The molecule has 5 heteroatoms. The van der Waals surface area contributed by atoms with Gasteiger partial charge in [0.15, 0.2) is 5.75 Å². The highest BCUT2D eigenvalue weighted by Crippen LogP contribution is 2.27. The molecule has 0 radical (unpaired) electrons. The molecule has 1 aliphatic rings. The zero-order valence-corrected chi connectivity index (χ0v) is 12.8. The minimum atomic E-state index is -0.281. The molecule has 0 bridgehead atoms. The van der Waals surface area contributed by atoms with Crippen molar-refractivity contribution in [3.63, 3.8) is 0 Å². The van der Waals surface area contributed by atoms with Gasteiger partial charge in [-0.15, -0.1) is 0 Å². The number of rotatable bonds is 4. The lowest BCUT2D eigenvalue weighted by Crippen LogP contribution is -2.34. The second-order valence-corrected chi connectivity index (χ2v) is 5.83. The molecule has 120 valence electrons. The van der Waals surface area contributed by atoms with Crippen LogP contribution in [0.4, 0.5) is 5.69 Å². The fourth-order valence-corrected chi connectivity index (χ4v) is 2.95. The van der Waals surface area contributed by atoms with Crippen molar-refractivity contribution in [2.75, 3.05) is 5.32 Å². The van der Waals surface area contributed by atoms with Crippen LogP contribution >= 0.6 is 0 Å². The highest BCUT2D eigenvalue weighted by molar-refractivity contribution is 5.99. The third-order valence-corrected chi connectivity index (χ3v) is 4.19. The van der Waals surface area contributed by atoms with Crippen molar-refractivity contribution in [3.05, 3.63) is 23.8 Å². The molecule has 0 aliphatic heterocycles. The molecule has 2 rings (SSSR count). The molecule has 0 atom stereocenters. The summed E-state index contributed by atoms with van der Waals surface area (Å²) in [4.78, 5) is 22.9. The van der Waals surface area contributed by atoms with Gasteiger partial charge in [0.25, 0.3) is 5.91 Å². The Kier molecular flexibility index (Phi) is 6.25. The number of hydrogen-bond acceptors (Lipinski definition) is 3. The molecule has 0 unspecified atom stereocenters. The van der Waals surface area contributed by atoms with E-state index >= 15 is 0 Å². The monoisotopic (exact) mass is 304 g/mol. The maximum atomic E-state index is 12.4. The van der Waals surface area contributed by atoms with Crippen LogP contribution in [-0.4, -0.2) is 23.5 Å². The van der Waals surface area contributed by atoms with Gasteiger partial charge in [-0.25, -0.2) is 0 Å². The Morgan fingerprint density at radius 3 is 2.36 bits per heavy atom. The SMILES string of the molecule is O=CNc1cccc(C(=O)NC2CCCCCCCC2)c1O. The summed E-state index contributed by atoms with van der Waals surface area (Å²) in [6, 6.07) is 4.92. The summed E-state index contributed by atoms with van der Waals surface area (Å²) in [6.07, 6.45) is 9.70. The number of carbonyl (C=O) groups is 2. The molecule has 1 aromatic carbocycles. The second kappa shape index (κ2) is 8.41. The predicted octanol–water partition coefficient (Wildman–Crippen LogP) is 3.19. The lowest BCUT2D eigenvalue weighted by atomic mass is 10.0. The van der Waals surface area contributed by atoms with E-state index in [2.05, 4.69) is 10.6 Å². The Hall–Kier alpha value is -2.04. The molecule has 1 saturated carbocycles. The molecule has 2 amide bonds. The van der Waals surface area contributed by atoms with Crippen molar-refractivity contribution < 1.29 is 14.7 Å². The van der Waals surface area contributed by atoms with E-state index in [1.807, 2.05) is 0 Å². The van der Waals surface area contributed by atoms with Gasteiger partial charge in [-0.2, -0.15) is 0 Å². The number of phenolic OH excluding ortho intramolecular Hbond substituents is 1. The molecule has 0 saturated heterocycles. The van der Waals surface area contributed by atoms with Crippen molar-refractivity contribution in [1.29, 1.82) is 0 Å². The Bertz CT molecular complexity index is 507. The second-order valence-electron chi connectivity index (χ2n) is 5.83. The number of benzene rings is 1. The first-order valence-corrected chi connectivity index (χ1v) is 8.05. The van der Waals surface area contributed by atoms with E-state index < -0.39 is 0 Å². The Balaban J connectivity index is 2.04. The fraction of sp³-hybridized carbons (Fsp3) is 0.529. The van der Waals surface area contributed by atoms with Crippen LogP contribution in [0.2, 0.25) is 0 Å². The molecular formula is C17H24N2O3. The Morgan fingerprint density at radius 1 is 1.09 bits per heavy atom. The molecule has 0 heterocycles. The van der Waals surface area contributed by atoms with Gasteiger partial charge in [0.2, 0.25) is 6.41 Å². The van der Waals surface area contributed by atoms with Crippen molar-refractivity contribution in [2.24, 2.45) is 0 Å². The smallest absolute Gasteiger partial charge is 0.255 e. The number of phenols is 1. The van der Waals surface area contributed by atoms with Crippen molar-refractivity contribution >= 4 is 18.0 Å². The first-order valence-electron chi connectivity index (χ1n) is 8.05. The van der Waals surface area contributed by atoms with Crippen LogP contribution < -0.4 is 10.6 Å². The van der Waals surface area contributed by atoms with Crippen molar-refractivity contribution in [2.45, 2.75) is 57.4 Å². The van der Waals surface area contributed by atoms with E-state index in [0.717, 1.165) is 25.7 Å². The standard InChI is InChI=1S/C17H24N2O3/c20-12-18-15-11-7-10-14(16(15)21)17(22)19-13-8-5-3-1-2-4-6-9-13/h7,10-13,21H,1-6,8-9H2,(H,18,20)(H,19,22). The summed E-state index contributed by atoms with van der Waals surface area (Å²) >= 11 is 0. The molecule has 1 fully saturated rings. The molecule has 5 nitrogen and oxygen atoms in total. The van der Waals surface area contributed by atoms with E-state index in [1.54, 1.807) is 18.2 Å². The summed E-state index contributed by atoms with van der Waals surface area (Å²) < 4.78 is 0. The number of aromatic hydroxyl groups is 1. The van der Waals surface area contributed by atoms with Gasteiger partial charge in [0.1, 0.15) is 0 Å². The van der Waals surface area contributed by atoms with E-state index in [0.29, 0.717) is 6.41 Å². The van der Waals surface area contributed by atoms with Crippen LogP contribution in [0.15, 0.2) is 18.2 Å². The largest absolute Gasteiger partial charge is 0.505 e. The third-order valence-electron chi connectivity index (χ3n) is 4.19. The molecule has 1 aromatic rings. The zero-order valence-electron chi connectivity index (χ0n) is 12.8. The summed E-state index contributed by atoms with van der Waals surface area (Å²) in [5, 5.41) is 15.5. The highest BCUT2D eigenvalue weighted by atomic mass is 16.3. The van der Waals surface area contributed by atoms with Crippen LogP contribution in [0.3, 0.4) is 0 Å². The van der Waals surface area contributed by atoms with Gasteiger partial charge < -0.3 is 15.7 Å². The van der Waals surface area contributed by atoms with Crippen LogP contribution in [-0.2, 0) is 4.79 Å². The lowest BCUT2D eigenvalue weighted by Gasteiger charge is -2.18. The molecular weight excluding hydrogens is 280 g/mol. The summed E-state index contributed by atoms with van der Waals surface area (Å²) in [5.41, 5.74) is 0.448. The number of nitrogens with one attached hydrogen (secondary N) is 2. The molecule has 1 aliphatic carbocycles. The average Bonchev–Trinajstić information content (AvgIpc) is 2.63. The van der Waals surface area contributed by atoms with E-state index in [1.165, 1.54) is 25.7 Å². The van der Waals surface area contributed by atoms with E-state index in [-0.39, 0.29) is 28.9 Å². The minimum Gasteiger partial charge on any atom is -0.505 e. The first kappa shape index (κ1) is 16.3. The minimum absolute atomic E-state index is 0.160. The fourth-order valence-electron chi connectivity index (χ4n) is 2.95. The van der Waals surface area contributed by atoms with Crippen LogP contribution in [0, 0.1) is 0 Å². The maximum Gasteiger partial charge on any atom is 0.255 e. The normalized spacial score (nSPS) is 16.9. The molecule has 0 spiro atoms. The Labute approximate surface area is 131 Å². The molecule has 22 heavy (non-hydrogen) atoms. The number of anilines is 1.